The number of benzene rings is 1. The molecule has 2 rings (SSSR count). The molecule has 1 atom stereocenters. The Morgan fingerprint density at radius 3 is 2.19 bits per heavy atom. The van der Waals surface area contributed by atoms with Crippen molar-refractivity contribution in [3.05, 3.63) is 35.9 Å². The van der Waals surface area contributed by atoms with E-state index in [2.05, 4.69) is 0 Å². The summed E-state index contributed by atoms with van der Waals surface area (Å²) in [5, 5.41) is 7.12. The molecule has 3 N–H and O–H groups in total. The van der Waals surface area contributed by atoms with E-state index in [0.29, 0.717) is 12.5 Å². The third kappa shape index (κ3) is 8.84. The molecule has 1 fully saturated rings. The van der Waals surface area contributed by atoms with Crippen LogP contribution < -0.4 is 5.73 Å². The second kappa shape index (κ2) is 10.8. The molecule has 0 amide bonds. The number of esters is 1. The van der Waals surface area contributed by atoms with Gasteiger partial charge in [-0.15, -0.1) is 0 Å². The number of hydrogen-bond acceptors (Lipinski definition) is 4. The summed E-state index contributed by atoms with van der Waals surface area (Å²) in [6, 6.07) is 9.24. The predicted molar refractivity (Wildman–Crippen MR) is 89.1 cm³/mol. The lowest BCUT2D eigenvalue weighted by Crippen LogP contribution is -2.34. The number of carbonyl (C=O) groups excluding carboxylic acids is 1. The monoisotopic (exact) mass is 375 g/mol. The highest BCUT2D eigenvalue weighted by molar-refractivity contribution is 5.75. The van der Waals surface area contributed by atoms with Crippen LogP contribution in [0.5, 0.6) is 0 Å². The van der Waals surface area contributed by atoms with E-state index < -0.39 is 18.2 Å². The third-order valence-corrected chi connectivity index (χ3v) is 4.08. The van der Waals surface area contributed by atoms with Crippen molar-refractivity contribution in [2.24, 2.45) is 11.7 Å². The summed E-state index contributed by atoms with van der Waals surface area (Å²) in [4.78, 5) is 20.7. The van der Waals surface area contributed by atoms with E-state index in [1.165, 1.54) is 32.1 Å². The van der Waals surface area contributed by atoms with Gasteiger partial charge < -0.3 is 15.6 Å². The summed E-state index contributed by atoms with van der Waals surface area (Å²) in [5.41, 5.74) is 6.94. The van der Waals surface area contributed by atoms with Crippen LogP contribution in [0.1, 0.15) is 44.1 Å². The van der Waals surface area contributed by atoms with Crippen LogP contribution in [-0.4, -0.2) is 29.3 Å². The van der Waals surface area contributed by atoms with E-state index in [-0.39, 0.29) is 5.97 Å². The first-order valence-corrected chi connectivity index (χ1v) is 8.46. The van der Waals surface area contributed by atoms with Gasteiger partial charge in [0.15, 0.2) is 0 Å². The van der Waals surface area contributed by atoms with Crippen molar-refractivity contribution in [1.82, 2.24) is 0 Å². The van der Waals surface area contributed by atoms with Crippen molar-refractivity contribution >= 4 is 11.9 Å². The van der Waals surface area contributed by atoms with E-state index in [0.717, 1.165) is 12.0 Å². The summed E-state index contributed by atoms with van der Waals surface area (Å²) >= 11 is 0. The SMILES string of the molecule is N[C@@H](CC1CCCCC1)C(=O)OCc1ccccc1.O=C(O)C(F)(F)F. The molecule has 0 aliphatic heterocycles. The maximum absolute atomic E-state index is 11.8. The van der Waals surface area contributed by atoms with Crippen LogP contribution in [0.15, 0.2) is 30.3 Å². The number of carbonyl (C=O) groups is 2. The lowest BCUT2D eigenvalue weighted by atomic mass is 9.85. The number of alkyl halides is 3. The number of ether oxygens (including phenoxy) is 1. The number of rotatable bonds is 5. The molecule has 26 heavy (non-hydrogen) atoms. The van der Waals surface area contributed by atoms with Gasteiger partial charge in [0.25, 0.3) is 0 Å². The first-order valence-electron chi connectivity index (χ1n) is 8.46. The Bertz CT molecular complexity index is 557. The standard InChI is InChI=1S/C16H23NO2.C2HF3O2/c17-15(11-13-7-3-1-4-8-13)16(18)19-12-14-9-5-2-6-10-14;3-2(4,5)1(6)7/h2,5-6,9-10,13,15H,1,3-4,7-8,11-12,17H2;(H,6,7)/t15-;/m0./s1. The molecule has 5 nitrogen and oxygen atoms in total. The van der Waals surface area contributed by atoms with Gasteiger partial charge in [0.1, 0.15) is 12.6 Å². The van der Waals surface area contributed by atoms with Gasteiger partial charge in [-0.2, -0.15) is 13.2 Å². The Hall–Kier alpha value is -2.09. The summed E-state index contributed by atoms with van der Waals surface area (Å²) in [6.45, 7) is 0.317. The molecular weight excluding hydrogens is 351 g/mol. The molecular formula is C18H24F3NO4. The second-order valence-corrected chi connectivity index (χ2v) is 6.24. The van der Waals surface area contributed by atoms with Crippen molar-refractivity contribution in [2.45, 2.75) is 57.3 Å². The predicted octanol–water partition coefficient (Wildman–Crippen LogP) is 3.66. The van der Waals surface area contributed by atoms with Crippen molar-refractivity contribution in [1.29, 1.82) is 0 Å². The molecule has 0 unspecified atom stereocenters. The first kappa shape index (κ1) is 22.0. The zero-order chi connectivity index (χ0) is 19.6. The number of hydrogen-bond donors (Lipinski definition) is 2. The molecule has 146 valence electrons. The van der Waals surface area contributed by atoms with Crippen LogP contribution in [-0.2, 0) is 20.9 Å². The minimum atomic E-state index is -5.08. The average molecular weight is 375 g/mol. The maximum Gasteiger partial charge on any atom is 0.490 e. The summed E-state index contributed by atoms with van der Waals surface area (Å²) in [6.07, 6.45) is 1.98. The molecule has 1 saturated carbocycles. The fraction of sp³-hybridized carbons (Fsp3) is 0.556. The van der Waals surface area contributed by atoms with Gasteiger partial charge in [-0.3, -0.25) is 4.79 Å². The normalized spacial score (nSPS) is 16.2. The lowest BCUT2D eigenvalue weighted by molar-refractivity contribution is -0.192. The second-order valence-electron chi connectivity index (χ2n) is 6.24. The van der Waals surface area contributed by atoms with Crippen LogP contribution >= 0.6 is 0 Å². The number of halogens is 3. The molecule has 1 aliphatic rings. The Morgan fingerprint density at radius 2 is 1.69 bits per heavy atom. The topological polar surface area (TPSA) is 89.6 Å². The number of carboxylic acids is 1. The molecule has 0 radical (unpaired) electrons. The quantitative estimate of drug-likeness (QED) is 0.767. The van der Waals surface area contributed by atoms with E-state index in [9.17, 15) is 18.0 Å². The highest BCUT2D eigenvalue weighted by Gasteiger charge is 2.38. The third-order valence-electron chi connectivity index (χ3n) is 4.08. The van der Waals surface area contributed by atoms with Gasteiger partial charge in [-0.05, 0) is 17.9 Å². The molecule has 8 heteroatoms. The number of aliphatic carboxylic acids is 1. The maximum atomic E-state index is 11.8. The van der Waals surface area contributed by atoms with Gasteiger partial charge in [0.2, 0.25) is 0 Å². The smallest absolute Gasteiger partial charge is 0.475 e. The molecule has 0 aromatic heterocycles. The summed E-state index contributed by atoms with van der Waals surface area (Å²) < 4.78 is 37.0. The van der Waals surface area contributed by atoms with Gasteiger partial charge >= 0.3 is 18.1 Å². The van der Waals surface area contributed by atoms with E-state index in [1.807, 2.05) is 30.3 Å². The fourth-order valence-corrected chi connectivity index (χ4v) is 2.71. The van der Waals surface area contributed by atoms with Gasteiger partial charge in [-0.1, -0.05) is 62.4 Å². The Kier molecular flexibility index (Phi) is 9.12. The Morgan fingerprint density at radius 1 is 1.15 bits per heavy atom. The molecule has 0 spiro atoms. The van der Waals surface area contributed by atoms with Crippen LogP contribution in [0, 0.1) is 5.92 Å². The largest absolute Gasteiger partial charge is 0.490 e. The van der Waals surface area contributed by atoms with Crippen LogP contribution in [0.3, 0.4) is 0 Å². The van der Waals surface area contributed by atoms with Crippen LogP contribution in [0.2, 0.25) is 0 Å². The highest BCUT2D eigenvalue weighted by Crippen LogP contribution is 2.27. The van der Waals surface area contributed by atoms with Crippen LogP contribution in [0.25, 0.3) is 0 Å². The fourth-order valence-electron chi connectivity index (χ4n) is 2.71. The van der Waals surface area contributed by atoms with Gasteiger partial charge in [0, 0.05) is 0 Å². The van der Waals surface area contributed by atoms with E-state index >= 15 is 0 Å². The zero-order valence-electron chi connectivity index (χ0n) is 14.4. The average Bonchev–Trinajstić information content (AvgIpc) is 2.61. The molecule has 1 aromatic carbocycles. The van der Waals surface area contributed by atoms with Gasteiger partial charge in [0.05, 0.1) is 0 Å². The van der Waals surface area contributed by atoms with Crippen molar-refractivity contribution in [3.8, 4) is 0 Å². The zero-order valence-corrected chi connectivity index (χ0v) is 14.4. The number of carboxylic acid groups (broad SMARTS) is 1. The Labute approximate surface area is 150 Å². The van der Waals surface area contributed by atoms with Crippen molar-refractivity contribution < 1.29 is 32.6 Å². The first-order chi connectivity index (χ1) is 12.2. The number of nitrogens with two attached hydrogens (primary N) is 1. The molecule has 0 saturated heterocycles. The molecule has 0 bridgehead atoms. The van der Waals surface area contributed by atoms with Crippen molar-refractivity contribution in [3.63, 3.8) is 0 Å². The van der Waals surface area contributed by atoms with E-state index in [1.54, 1.807) is 0 Å². The molecule has 0 heterocycles. The minimum Gasteiger partial charge on any atom is -0.475 e. The van der Waals surface area contributed by atoms with Crippen LogP contribution in [0.4, 0.5) is 13.2 Å². The van der Waals surface area contributed by atoms with Crippen molar-refractivity contribution in [2.75, 3.05) is 0 Å². The van der Waals surface area contributed by atoms with E-state index in [4.69, 9.17) is 20.4 Å². The Balaban J connectivity index is 0.000000412. The summed E-state index contributed by atoms with van der Waals surface area (Å²) in [5.74, 6) is -2.42. The minimum absolute atomic E-state index is 0.269. The lowest BCUT2D eigenvalue weighted by Gasteiger charge is -2.23. The molecule has 1 aliphatic carbocycles. The van der Waals surface area contributed by atoms with Gasteiger partial charge in [-0.25, -0.2) is 4.79 Å². The molecule has 1 aromatic rings. The highest BCUT2D eigenvalue weighted by atomic mass is 19.4. The summed E-state index contributed by atoms with van der Waals surface area (Å²) in [7, 11) is 0.